The molecule has 0 fully saturated rings. The normalized spacial score (nSPS) is 10.8. The van der Waals surface area contributed by atoms with E-state index in [0.717, 1.165) is 0 Å². The van der Waals surface area contributed by atoms with E-state index in [0.29, 0.717) is 0 Å². The van der Waals surface area contributed by atoms with Crippen LogP contribution in [0.3, 0.4) is 0 Å². The van der Waals surface area contributed by atoms with E-state index in [1.165, 1.54) is 12.1 Å². The van der Waals surface area contributed by atoms with Crippen LogP contribution in [0.4, 0.5) is 4.39 Å². The fraction of sp³-hybridized carbons (Fsp3) is 0. The fourth-order valence-corrected chi connectivity index (χ4v) is 1.23. The molecule has 0 amide bonds. The second-order valence-electron chi connectivity index (χ2n) is 2.17. The van der Waals surface area contributed by atoms with Crippen LogP contribution >= 0.6 is 15.9 Å². The number of halogens is 2. The molecular weight excluding hydrogens is 231 g/mol. The Labute approximate surface area is 74.2 Å². The van der Waals surface area contributed by atoms with Crippen LogP contribution in [0.2, 0.25) is 0 Å². The van der Waals surface area contributed by atoms with Crippen molar-refractivity contribution in [1.82, 2.24) is 5.16 Å². The zero-order chi connectivity index (χ0) is 8.72. The van der Waals surface area contributed by atoms with Crippen LogP contribution < -0.4 is 4.90 Å². The van der Waals surface area contributed by atoms with Gasteiger partial charge in [-0.3, -0.25) is 0 Å². The van der Waals surface area contributed by atoms with Crippen molar-refractivity contribution in [2.45, 2.75) is 0 Å². The molecular formula is C6H3BrFN2O2+. The van der Waals surface area contributed by atoms with Crippen molar-refractivity contribution in [2.24, 2.45) is 0 Å². The number of aromatic nitrogens is 2. The lowest BCUT2D eigenvalue weighted by Crippen LogP contribution is -2.28. The average molecular weight is 234 g/mol. The van der Waals surface area contributed by atoms with Crippen LogP contribution in [0.15, 0.2) is 21.2 Å². The van der Waals surface area contributed by atoms with Gasteiger partial charge in [-0.2, -0.15) is 0 Å². The summed E-state index contributed by atoms with van der Waals surface area (Å²) in [6, 6.07) is 3.01. The van der Waals surface area contributed by atoms with E-state index in [2.05, 4.69) is 25.7 Å². The van der Waals surface area contributed by atoms with Crippen LogP contribution in [-0.4, -0.2) is 10.4 Å². The summed E-state index contributed by atoms with van der Waals surface area (Å²) in [4.78, 5) is 0.287. The van der Waals surface area contributed by atoms with E-state index in [-0.39, 0.29) is 20.4 Å². The third-order valence-corrected chi connectivity index (χ3v) is 2.07. The molecule has 6 heteroatoms. The highest BCUT2D eigenvalue weighted by Gasteiger charge is 2.21. The summed E-state index contributed by atoms with van der Waals surface area (Å²) in [5.74, 6) is -0.601. The lowest BCUT2D eigenvalue weighted by Gasteiger charge is -1.87. The summed E-state index contributed by atoms with van der Waals surface area (Å²) in [5, 5.41) is 12.3. The van der Waals surface area contributed by atoms with Gasteiger partial charge in [0.15, 0.2) is 11.0 Å². The summed E-state index contributed by atoms with van der Waals surface area (Å²) in [6.45, 7) is 0. The number of nitrogens with zero attached hydrogens (tertiary/aromatic N) is 2. The van der Waals surface area contributed by atoms with Crippen molar-refractivity contribution in [3.63, 3.8) is 0 Å². The van der Waals surface area contributed by atoms with Crippen LogP contribution in [0, 0.1) is 5.82 Å². The summed E-state index contributed by atoms with van der Waals surface area (Å²) < 4.78 is 17.7. The Morgan fingerprint density at radius 1 is 1.58 bits per heavy atom. The van der Waals surface area contributed by atoms with Gasteiger partial charge in [0.05, 0.1) is 4.47 Å². The fourth-order valence-electron chi connectivity index (χ4n) is 0.909. The highest BCUT2D eigenvalue weighted by Crippen LogP contribution is 2.20. The molecule has 0 aliphatic rings. The van der Waals surface area contributed by atoms with Gasteiger partial charge in [0.25, 0.3) is 5.52 Å². The maximum absolute atomic E-state index is 13.2. The molecule has 12 heavy (non-hydrogen) atoms. The van der Waals surface area contributed by atoms with E-state index in [1.54, 1.807) is 0 Å². The molecule has 0 aliphatic heterocycles. The van der Waals surface area contributed by atoms with Gasteiger partial charge < -0.3 is 5.21 Å². The molecule has 1 N–H and O–H groups in total. The Kier molecular flexibility index (Phi) is 1.50. The Hall–Kier alpha value is -1.17. The molecule has 0 spiro atoms. The van der Waals surface area contributed by atoms with Crippen LogP contribution in [0.1, 0.15) is 0 Å². The van der Waals surface area contributed by atoms with Crippen molar-refractivity contribution in [3.8, 4) is 0 Å². The Bertz CT molecular complexity index is 442. The van der Waals surface area contributed by atoms with Crippen molar-refractivity contribution in [1.29, 1.82) is 0 Å². The minimum absolute atomic E-state index is 0.0793. The van der Waals surface area contributed by atoms with Crippen molar-refractivity contribution in [2.75, 3.05) is 0 Å². The van der Waals surface area contributed by atoms with E-state index >= 15 is 0 Å². The first-order valence-electron chi connectivity index (χ1n) is 3.05. The quantitative estimate of drug-likeness (QED) is 0.698. The van der Waals surface area contributed by atoms with Gasteiger partial charge in [0.2, 0.25) is 0 Å². The van der Waals surface area contributed by atoms with Gasteiger partial charge >= 0.3 is 5.52 Å². The molecule has 2 rings (SSSR count). The molecule has 4 nitrogen and oxygen atoms in total. The Morgan fingerprint density at radius 2 is 2.33 bits per heavy atom. The molecule has 0 bridgehead atoms. The molecule has 0 saturated carbocycles. The largest absolute Gasteiger partial charge is 0.316 e. The lowest BCUT2D eigenvalue weighted by atomic mass is 10.3. The average Bonchev–Trinajstić information content (AvgIpc) is 2.41. The van der Waals surface area contributed by atoms with Gasteiger partial charge in [-0.25, -0.2) is 4.39 Å². The van der Waals surface area contributed by atoms with Gasteiger partial charge in [-0.05, 0) is 32.7 Å². The summed E-state index contributed by atoms with van der Waals surface area (Å²) in [6.07, 6.45) is 0. The molecule has 1 aromatic carbocycles. The summed E-state index contributed by atoms with van der Waals surface area (Å²) >= 11 is 2.97. The van der Waals surface area contributed by atoms with Gasteiger partial charge in [0, 0.05) is 0 Å². The molecule has 0 radical (unpaired) electrons. The number of benzene rings is 1. The summed E-state index contributed by atoms with van der Waals surface area (Å²) in [5.41, 5.74) is 0.183. The highest BCUT2D eigenvalue weighted by molar-refractivity contribution is 9.10. The topological polar surface area (TPSA) is 50.1 Å². The van der Waals surface area contributed by atoms with Crippen molar-refractivity contribution < 1.29 is 19.1 Å². The van der Waals surface area contributed by atoms with Crippen LogP contribution in [0.25, 0.3) is 11.0 Å². The van der Waals surface area contributed by atoms with E-state index < -0.39 is 5.82 Å². The maximum Gasteiger partial charge on any atom is 0.309 e. The van der Waals surface area contributed by atoms with Gasteiger partial charge in [-0.15, -0.1) is 0 Å². The molecule has 2 aromatic rings. The molecule has 1 aromatic heterocycles. The minimum atomic E-state index is -0.601. The molecule has 0 unspecified atom stereocenters. The number of hydrogen-bond acceptors (Lipinski definition) is 3. The number of hydrogen-bond donors (Lipinski definition) is 1. The smallest absolute Gasteiger partial charge is 0.309 e. The first-order valence-corrected chi connectivity index (χ1v) is 3.84. The number of fused-ring (bicyclic) bond motifs is 1. The molecule has 0 atom stereocenters. The zero-order valence-corrected chi connectivity index (χ0v) is 7.25. The molecule has 62 valence electrons. The summed E-state index contributed by atoms with van der Waals surface area (Å²) in [7, 11) is 0. The second kappa shape index (κ2) is 2.41. The Balaban J connectivity index is 2.96. The molecule has 1 heterocycles. The Morgan fingerprint density at radius 3 is 3.08 bits per heavy atom. The van der Waals surface area contributed by atoms with Crippen LogP contribution in [-0.2, 0) is 0 Å². The minimum Gasteiger partial charge on any atom is -0.316 e. The first kappa shape index (κ1) is 7.48. The van der Waals surface area contributed by atoms with E-state index in [1.807, 2.05) is 0 Å². The first-order chi connectivity index (χ1) is 5.70. The van der Waals surface area contributed by atoms with Crippen LogP contribution in [0.5, 0.6) is 0 Å². The predicted molar refractivity (Wildman–Crippen MR) is 39.0 cm³/mol. The predicted octanol–water partition coefficient (Wildman–Crippen LogP) is 1.25. The van der Waals surface area contributed by atoms with E-state index in [9.17, 15) is 4.39 Å². The SMILES string of the molecule is O[n+]1onc2ccc(Br)c(F)c21. The molecule has 0 saturated heterocycles. The van der Waals surface area contributed by atoms with Gasteiger partial charge in [-0.1, -0.05) is 0 Å². The van der Waals surface area contributed by atoms with E-state index in [4.69, 9.17) is 5.21 Å². The van der Waals surface area contributed by atoms with Crippen molar-refractivity contribution in [3.05, 3.63) is 22.4 Å². The van der Waals surface area contributed by atoms with Crippen molar-refractivity contribution >= 4 is 27.0 Å². The zero-order valence-electron chi connectivity index (χ0n) is 5.66. The lowest BCUT2D eigenvalue weighted by molar-refractivity contribution is -1.02. The third-order valence-electron chi connectivity index (χ3n) is 1.46. The third kappa shape index (κ3) is 0.878. The highest BCUT2D eigenvalue weighted by atomic mass is 79.9. The molecule has 0 aliphatic carbocycles. The maximum atomic E-state index is 13.2. The standard InChI is InChI=1S/C6H3BrFN2O2/c7-3-1-2-4-6(5(3)8)10(11)12-9-4/h1-2,11H/q+1. The van der Waals surface area contributed by atoms with Gasteiger partial charge in [0.1, 0.15) is 4.90 Å². The number of rotatable bonds is 0. The monoisotopic (exact) mass is 233 g/mol. The second-order valence-corrected chi connectivity index (χ2v) is 3.03.